The Labute approximate surface area is 99.9 Å². The van der Waals surface area contributed by atoms with Crippen LogP contribution in [0.4, 0.5) is 0 Å². The molecule has 0 aliphatic rings. The molecule has 6 heteroatoms. The third-order valence-electron chi connectivity index (χ3n) is 2.10. The van der Waals surface area contributed by atoms with Crippen molar-refractivity contribution >= 4 is 22.4 Å². The monoisotopic (exact) mass is 258 g/mol. The second-order valence-electron chi connectivity index (χ2n) is 3.92. The second-order valence-corrected chi connectivity index (χ2v) is 6.12. The van der Waals surface area contributed by atoms with Gasteiger partial charge in [-0.2, -0.15) is 0 Å². The van der Waals surface area contributed by atoms with Crippen molar-refractivity contribution in [1.82, 2.24) is 9.62 Å². The molecule has 0 aliphatic heterocycles. The molecule has 0 aromatic heterocycles. The van der Waals surface area contributed by atoms with Crippen molar-refractivity contribution in [3.8, 4) is 0 Å². The Hall–Kier alpha value is 0.160. The topological polar surface area (TPSA) is 49.4 Å². The third-order valence-corrected chi connectivity index (χ3v) is 3.99. The minimum atomic E-state index is -3.03. The zero-order valence-corrected chi connectivity index (χ0v) is 11.6. The molecular weight excluding hydrogens is 236 g/mol. The van der Waals surface area contributed by atoms with Crippen molar-refractivity contribution < 1.29 is 8.42 Å². The molecule has 0 radical (unpaired) electrons. The maximum absolute atomic E-state index is 11.6. The number of hydrogen-bond donors (Lipinski definition) is 1. The Bertz CT molecular complexity index is 242. The van der Waals surface area contributed by atoms with Crippen LogP contribution in [-0.2, 0) is 10.0 Å². The minimum Gasteiger partial charge on any atom is -0.318 e. The van der Waals surface area contributed by atoms with Gasteiger partial charge in [0.25, 0.3) is 0 Å². The van der Waals surface area contributed by atoms with Gasteiger partial charge in [0.2, 0.25) is 10.0 Å². The van der Waals surface area contributed by atoms with Crippen molar-refractivity contribution in [3.63, 3.8) is 0 Å². The zero-order chi connectivity index (χ0) is 11.2. The average Bonchev–Trinajstić information content (AvgIpc) is 2.11. The first-order chi connectivity index (χ1) is 6.40. The van der Waals surface area contributed by atoms with E-state index >= 15 is 0 Å². The summed E-state index contributed by atoms with van der Waals surface area (Å²) in [5, 5.41) is 2.93. The molecule has 0 spiro atoms. The quantitative estimate of drug-likeness (QED) is 0.739. The second kappa shape index (κ2) is 8.33. The lowest BCUT2D eigenvalue weighted by Gasteiger charge is -2.17. The highest BCUT2D eigenvalue weighted by molar-refractivity contribution is 7.89. The molecule has 0 fully saturated rings. The molecule has 4 nitrogen and oxygen atoms in total. The molecule has 0 unspecified atom stereocenters. The number of halogens is 1. The first kappa shape index (κ1) is 17.6. The SMILES string of the molecule is CNCCN(C)S(=O)(=O)CCC(C)C.Cl. The molecule has 1 N–H and O–H groups in total. The highest BCUT2D eigenvalue weighted by Crippen LogP contribution is 2.05. The highest BCUT2D eigenvalue weighted by atomic mass is 35.5. The molecule has 0 atom stereocenters. The summed E-state index contributed by atoms with van der Waals surface area (Å²) in [4.78, 5) is 0. The summed E-state index contributed by atoms with van der Waals surface area (Å²) in [5.41, 5.74) is 0. The molecule has 0 aromatic rings. The number of hydrogen-bond acceptors (Lipinski definition) is 3. The normalized spacial score (nSPS) is 11.9. The smallest absolute Gasteiger partial charge is 0.213 e. The van der Waals surface area contributed by atoms with E-state index < -0.39 is 10.0 Å². The standard InChI is InChI=1S/C9H22N2O2S.ClH/c1-9(2)5-8-14(12,13)11(4)7-6-10-3;/h9-10H,5-8H2,1-4H3;1H. The Morgan fingerprint density at radius 2 is 1.87 bits per heavy atom. The Kier molecular flexibility index (Phi) is 9.74. The molecule has 15 heavy (non-hydrogen) atoms. The summed E-state index contributed by atoms with van der Waals surface area (Å²) in [7, 11) is 0.412. The van der Waals surface area contributed by atoms with Crippen LogP contribution in [-0.4, -0.2) is 45.7 Å². The zero-order valence-electron chi connectivity index (χ0n) is 9.99. The first-order valence-corrected chi connectivity index (χ1v) is 6.59. The van der Waals surface area contributed by atoms with Gasteiger partial charge in [0, 0.05) is 20.1 Å². The van der Waals surface area contributed by atoms with Crippen molar-refractivity contribution in [2.45, 2.75) is 20.3 Å². The van der Waals surface area contributed by atoms with E-state index in [-0.39, 0.29) is 18.2 Å². The van der Waals surface area contributed by atoms with Gasteiger partial charge in [0.05, 0.1) is 5.75 Å². The third kappa shape index (κ3) is 8.02. The van der Waals surface area contributed by atoms with Gasteiger partial charge in [-0.1, -0.05) is 13.8 Å². The summed E-state index contributed by atoms with van der Waals surface area (Å²) in [6, 6.07) is 0. The van der Waals surface area contributed by atoms with Crippen LogP contribution in [0.15, 0.2) is 0 Å². The van der Waals surface area contributed by atoms with E-state index in [2.05, 4.69) is 5.32 Å². The van der Waals surface area contributed by atoms with E-state index in [4.69, 9.17) is 0 Å². The molecule has 0 saturated heterocycles. The molecule has 0 saturated carbocycles. The lowest BCUT2D eigenvalue weighted by Crippen LogP contribution is -2.34. The summed E-state index contributed by atoms with van der Waals surface area (Å²) < 4.78 is 24.7. The summed E-state index contributed by atoms with van der Waals surface area (Å²) in [6.45, 7) is 5.29. The van der Waals surface area contributed by atoms with Gasteiger partial charge >= 0.3 is 0 Å². The van der Waals surface area contributed by atoms with Gasteiger partial charge in [0.1, 0.15) is 0 Å². The van der Waals surface area contributed by atoms with Crippen molar-refractivity contribution in [2.24, 2.45) is 5.92 Å². The van der Waals surface area contributed by atoms with Crippen LogP contribution in [0.3, 0.4) is 0 Å². The number of likely N-dealkylation sites (N-methyl/N-ethyl adjacent to an activating group) is 2. The molecule has 94 valence electrons. The van der Waals surface area contributed by atoms with E-state index in [0.29, 0.717) is 19.0 Å². The average molecular weight is 259 g/mol. The number of rotatable bonds is 7. The van der Waals surface area contributed by atoms with Gasteiger partial charge in [-0.05, 0) is 19.4 Å². The predicted octanol–water partition coefficient (Wildman–Crippen LogP) is 0.935. The maximum atomic E-state index is 11.6. The summed E-state index contributed by atoms with van der Waals surface area (Å²) in [5.74, 6) is 0.688. The van der Waals surface area contributed by atoms with Gasteiger partial charge in [-0.15, -0.1) is 12.4 Å². The maximum Gasteiger partial charge on any atom is 0.213 e. The summed E-state index contributed by atoms with van der Waals surface area (Å²) >= 11 is 0. The highest BCUT2D eigenvalue weighted by Gasteiger charge is 2.16. The van der Waals surface area contributed by atoms with Crippen LogP contribution in [0.2, 0.25) is 0 Å². The van der Waals surface area contributed by atoms with Crippen LogP contribution in [0, 0.1) is 5.92 Å². The van der Waals surface area contributed by atoms with E-state index in [1.54, 1.807) is 7.05 Å². The van der Waals surface area contributed by atoms with E-state index in [9.17, 15) is 8.42 Å². The van der Waals surface area contributed by atoms with Crippen molar-refractivity contribution in [1.29, 1.82) is 0 Å². The number of nitrogens with zero attached hydrogens (tertiary/aromatic N) is 1. The summed E-state index contributed by atoms with van der Waals surface area (Å²) in [6.07, 6.45) is 0.728. The first-order valence-electron chi connectivity index (χ1n) is 4.98. The van der Waals surface area contributed by atoms with Gasteiger partial charge < -0.3 is 5.32 Å². The molecular formula is C9H23ClN2O2S. The fourth-order valence-corrected chi connectivity index (χ4v) is 2.40. The molecule has 0 bridgehead atoms. The largest absolute Gasteiger partial charge is 0.318 e. The van der Waals surface area contributed by atoms with Crippen molar-refractivity contribution in [2.75, 3.05) is 32.9 Å². The van der Waals surface area contributed by atoms with Crippen LogP contribution in [0.1, 0.15) is 20.3 Å². The molecule has 0 amide bonds. The number of sulfonamides is 1. The fraction of sp³-hybridized carbons (Fsp3) is 1.00. The number of nitrogens with one attached hydrogen (secondary N) is 1. The van der Waals surface area contributed by atoms with E-state index in [1.807, 2.05) is 20.9 Å². The van der Waals surface area contributed by atoms with Crippen LogP contribution in [0.25, 0.3) is 0 Å². The molecule has 0 rings (SSSR count). The molecule has 0 aromatic carbocycles. The van der Waals surface area contributed by atoms with Crippen molar-refractivity contribution in [3.05, 3.63) is 0 Å². The Balaban J connectivity index is 0. The Morgan fingerprint density at radius 1 is 1.33 bits per heavy atom. The van der Waals surface area contributed by atoms with E-state index in [0.717, 1.165) is 6.42 Å². The van der Waals surface area contributed by atoms with Gasteiger partial charge in [-0.25, -0.2) is 12.7 Å². The van der Waals surface area contributed by atoms with Gasteiger partial charge in [0.15, 0.2) is 0 Å². The lowest BCUT2D eigenvalue weighted by molar-refractivity contribution is 0.460. The molecule has 0 heterocycles. The van der Waals surface area contributed by atoms with Crippen LogP contribution in [0.5, 0.6) is 0 Å². The minimum absolute atomic E-state index is 0. The van der Waals surface area contributed by atoms with Crippen LogP contribution >= 0.6 is 12.4 Å². The van der Waals surface area contributed by atoms with Gasteiger partial charge in [-0.3, -0.25) is 0 Å². The molecule has 0 aliphatic carbocycles. The lowest BCUT2D eigenvalue weighted by atomic mass is 10.2. The Morgan fingerprint density at radius 3 is 2.27 bits per heavy atom. The van der Waals surface area contributed by atoms with E-state index in [1.165, 1.54) is 4.31 Å². The fourth-order valence-electron chi connectivity index (χ4n) is 0.949. The predicted molar refractivity (Wildman–Crippen MR) is 67.0 cm³/mol. The van der Waals surface area contributed by atoms with Crippen LogP contribution < -0.4 is 5.32 Å².